The predicted molar refractivity (Wildman–Crippen MR) is 106 cm³/mol. The zero-order valence-corrected chi connectivity index (χ0v) is 15.8. The first-order chi connectivity index (χ1) is 14.3. The number of nitrogens with one attached hydrogen (secondary N) is 1. The molecule has 0 aliphatic carbocycles. The summed E-state index contributed by atoms with van der Waals surface area (Å²) in [5.74, 6) is -1.59. The number of nitro benzene ring substituents is 1. The van der Waals surface area contributed by atoms with Crippen LogP contribution in [0.3, 0.4) is 0 Å². The highest BCUT2D eigenvalue weighted by molar-refractivity contribution is 6.03. The number of ketones is 1. The van der Waals surface area contributed by atoms with Crippen LogP contribution in [0.4, 0.5) is 11.4 Å². The Morgan fingerprint density at radius 1 is 1.07 bits per heavy atom. The number of amides is 1. The number of Topliss-reactive ketones (excluding diaryl/α,β-unsaturated/α-hetero) is 1. The van der Waals surface area contributed by atoms with Crippen molar-refractivity contribution in [1.29, 1.82) is 0 Å². The first-order valence-corrected chi connectivity index (χ1v) is 8.75. The second-order valence-corrected chi connectivity index (χ2v) is 6.27. The highest BCUT2D eigenvalue weighted by atomic mass is 16.6. The molecule has 152 valence electrons. The Morgan fingerprint density at radius 2 is 1.77 bits per heavy atom. The standard InChI is InChI=1S/C21H16N2O7/c1-13-4-5-15(11-17(13)23(27)28)18(24)12-30-21(26)14-6-8-16(9-7-14)22-20(25)19-3-2-10-29-19/h2-11H,12H2,1H3,(H,22,25). The smallest absolute Gasteiger partial charge is 0.338 e. The number of rotatable bonds is 7. The van der Waals surface area contributed by atoms with Gasteiger partial charge in [-0.15, -0.1) is 0 Å². The summed E-state index contributed by atoms with van der Waals surface area (Å²) in [5.41, 5.74) is 0.938. The van der Waals surface area contributed by atoms with Crippen molar-refractivity contribution < 1.29 is 28.5 Å². The Labute approximate surface area is 170 Å². The van der Waals surface area contributed by atoms with Crippen LogP contribution < -0.4 is 5.32 Å². The van der Waals surface area contributed by atoms with E-state index in [-0.39, 0.29) is 22.6 Å². The minimum Gasteiger partial charge on any atom is -0.459 e. The van der Waals surface area contributed by atoms with Crippen molar-refractivity contribution in [1.82, 2.24) is 0 Å². The van der Waals surface area contributed by atoms with Gasteiger partial charge in [-0.25, -0.2) is 4.79 Å². The molecule has 30 heavy (non-hydrogen) atoms. The van der Waals surface area contributed by atoms with E-state index in [0.29, 0.717) is 11.3 Å². The summed E-state index contributed by atoms with van der Waals surface area (Å²) < 4.78 is 9.99. The zero-order chi connectivity index (χ0) is 21.7. The summed E-state index contributed by atoms with van der Waals surface area (Å²) in [4.78, 5) is 46.7. The third-order valence-electron chi connectivity index (χ3n) is 4.19. The van der Waals surface area contributed by atoms with Crippen LogP contribution >= 0.6 is 0 Å². The van der Waals surface area contributed by atoms with Gasteiger partial charge in [-0.1, -0.05) is 12.1 Å². The van der Waals surface area contributed by atoms with Crippen LogP contribution in [0.1, 0.15) is 36.8 Å². The molecule has 0 unspecified atom stereocenters. The topological polar surface area (TPSA) is 129 Å². The predicted octanol–water partition coefficient (Wildman–Crippen LogP) is 3.79. The van der Waals surface area contributed by atoms with Crippen molar-refractivity contribution in [2.24, 2.45) is 0 Å². The molecule has 1 amide bonds. The van der Waals surface area contributed by atoms with Gasteiger partial charge in [0.15, 0.2) is 12.4 Å². The van der Waals surface area contributed by atoms with E-state index in [4.69, 9.17) is 9.15 Å². The fourth-order valence-corrected chi connectivity index (χ4v) is 2.57. The summed E-state index contributed by atoms with van der Waals surface area (Å²) in [6.45, 7) is 1.00. The van der Waals surface area contributed by atoms with Crippen LogP contribution in [0.5, 0.6) is 0 Å². The quantitative estimate of drug-likeness (QED) is 0.272. The second kappa shape index (κ2) is 8.82. The Morgan fingerprint density at radius 3 is 2.40 bits per heavy atom. The van der Waals surface area contributed by atoms with Gasteiger partial charge in [0.1, 0.15) is 0 Å². The lowest BCUT2D eigenvalue weighted by molar-refractivity contribution is -0.385. The van der Waals surface area contributed by atoms with E-state index in [1.807, 2.05) is 0 Å². The summed E-state index contributed by atoms with van der Waals surface area (Å²) in [5, 5.41) is 13.6. The number of ether oxygens (including phenoxy) is 1. The van der Waals surface area contributed by atoms with Crippen LogP contribution in [0, 0.1) is 17.0 Å². The zero-order valence-electron chi connectivity index (χ0n) is 15.8. The Balaban J connectivity index is 1.58. The fourth-order valence-electron chi connectivity index (χ4n) is 2.57. The number of aryl methyl sites for hydroxylation is 1. The molecule has 0 radical (unpaired) electrons. The molecule has 0 spiro atoms. The van der Waals surface area contributed by atoms with Gasteiger partial charge in [-0.05, 0) is 43.3 Å². The van der Waals surface area contributed by atoms with Gasteiger partial charge >= 0.3 is 5.97 Å². The number of hydrogen-bond donors (Lipinski definition) is 1. The maximum Gasteiger partial charge on any atom is 0.338 e. The molecule has 0 aliphatic rings. The normalized spacial score (nSPS) is 10.3. The van der Waals surface area contributed by atoms with E-state index >= 15 is 0 Å². The van der Waals surface area contributed by atoms with Crippen molar-refractivity contribution in [3.05, 3.63) is 93.4 Å². The summed E-state index contributed by atoms with van der Waals surface area (Å²) in [7, 11) is 0. The summed E-state index contributed by atoms with van der Waals surface area (Å²) in [6.07, 6.45) is 1.38. The summed E-state index contributed by atoms with van der Waals surface area (Å²) in [6, 6.07) is 13.0. The fraction of sp³-hybridized carbons (Fsp3) is 0.0952. The maximum absolute atomic E-state index is 12.2. The highest BCUT2D eigenvalue weighted by Crippen LogP contribution is 2.20. The second-order valence-electron chi connectivity index (χ2n) is 6.27. The first-order valence-electron chi connectivity index (χ1n) is 8.75. The lowest BCUT2D eigenvalue weighted by atomic mass is 10.1. The SMILES string of the molecule is Cc1ccc(C(=O)COC(=O)c2ccc(NC(=O)c3ccco3)cc2)cc1[N+](=O)[O-]. The summed E-state index contributed by atoms with van der Waals surface area (Å²) >= 11 is 0. The molecule has 1 N–H and O–H groups in total. The van der Waals surface area contributed by atoms with Crippen LogP contribution in [-0.4, -0.2) is 29.2 Å². The highest BCUT2D eigenvalue weighted by Gasteiger charge is 2.17. The molecular formula is C21H16N2O7. The minimum absolute atomic E-state index is 0.0797. The molecule has 1 aromatic heterocycles. The molecule has 1 heterocycles. The van der Waals surface area contributed by atoms with Gasteiger partial charge in [0.05, 0.1) is 16.7 Å². The van der Waals surface area contributed by atoms with Crippen molar-refractivity contribution in [2.75, 3.05) is 11.9 Å². The van der Waals surface area contributed by atoms with Gasteiger partial charge in [0, 0.05) is 22.9 Å². The van der Waals surface area contributed by atoms with Gasteiger partial charge in [-0.3, -0.25) is 19.7 Å². The van der Waals surface area contributed by atoms with Gasteiger partial charge in [-0.2, -0.15) is 0 Å². The van der Waals surface area contributed by atoms with E-state index in [0.717, 1.165) is 6.07 Å². The largest absolute Gasteiger partial charge is 0.459 e. The molecule has 0 fully saturated rings. The number of carbonyl (C=O) groups is 3. The molecule has 0 aliphatic heterocycles. The molecular weight excluding hydrogens is 392 g/mol. The molecule has 9 nitrogen and oxygen atoms in total. The third kappa shape index (κ3) is 4.76. The number of furan rings is 1. The van der Waals surface area contributed by atoms with Gasteiger partial charge in [0.2, 0.25) is 5.78 Å². The molecule has 2 aromatic carbocycles. The van der Waals surface area contributed by atoms with E-state index in [1.54, 1.807) is 13.0 Å². The van der Waals surface area contributed by atoms with Crippen LogP contribution in [0.25, 0.3) is 0 Å². The lowest BCUT2D eigenvalue weighted by Gasteiger charge is -2.07. The third-order valence-corrected chi connectivity index (χ3v) is 4.19. The van der Waals surface area contributed by atoms with Crippen molar-refractivity contribution in [2.45, 2.75) is 6.92 Å². The van der Waals surface area contributed by atoms with Gasteiger partial charge < -0.3 is 14.5 Å². The van der Waals surface area contributed by atoms with Crippen molar-refractivity contribution in [3.8, 4) is 0 Å². The number of anilines is 1. The molecule has 0 saturated heterocycles. The Kier molecular flexibility index (Phi) is 6.02. The maximum atomic E-state index is 12.2. The molecule has 3 aromatic rings. The number of benzene rings is 2. The lowest BCUT2D eigenvalue weighted by Crippen LogP contribution is -2.15. The average molecular weight is 408 g/mol. The Bertz CT molecular complexity index is 1100. The molecule has 3 rings (SSSR count). The van der Waals surface area contributed by atoms with Crippen LogP contribution in [-0.2, 0) is 4.74 Å². The molecule has 9 heteroatoms. The van der Waals surface area contributed by atoms with Crippen molar-refractivity contribution >= 4 is 29.0 Å². The van der Waals surface area contributed by atoms with Crippen molar-refractivity contribution in [3.63, 3.8) is 0 Å². The number of nitrogens with zero attached hydrogens (tertiary/aromatic N) is 1. The number of esters is 1. The molecule has 0 saturated carbocycles. The monoisotopic (exact) mass is 408 g/mol. The number of nitro groups is 1. The van der Waals surface area contributed by atoms with E-state index in [9.17, 15) is 24.5 Å². The van der Waals surface area contributed by atoms with Crippen LogP contribution in [0.15, 0.2) is 65.3 Å². The molecule has 0 atom stereocenters. The van der Waals surface area contributed by atoms with E-state index in [1.165, 1.54) is 48.7 Å². The Hall–Kier alpha value is -4.27. The van der Waals surface area contributed by atoms with Gasteiger partial charge in [0.25, 0.3) is 11.6 Å². The number of carbonyl (C=O) groups excluding carboxylic acids is 3. The number of hydrogen-bond acceptors (Lipinski definition) is 7. The minimum atomic E-state index is -0.742. The first kappa shape index (κ1) is 20.5. The molecule has 0 bridgehead atoms. The average Bonchev–Trinajstić information content (AvgIpc) is 3.27. The van der Waals surface area contributed by atoms with Crippen LogP contribution in [0.2, 0.25) is 0 Å². The van der Waals surface area contributed by atoms with E-state index < -0.39 is 29.2 Å². The van der Waals surface area contributed by atoms with E-state index in [2.05, 4.69) is 5.32 Å².